The summed E-state index contributed by atoms with van der Waals surface area (Å²) in [6.45, 7) is 5.61. The van der Waals surface area contributed by atoms with E-state index in [9.17, 15) is 4.79 Å². The van der Waals surface area contributed by atoms with E-state index in [1.807, 2.05) is 56.3 Å². The van der Waals surface area contributed by atoms with Crippen LogP contribution >= 0.6 is 15.9 Å². The van der Waals surface area contributed by atoms with Crippen molar-refractivity contribution >= 4 is 27.5 Å². The van der Waals surface area contributed by atoms with E-state index in [0.29, 0.717) is 12.3 Å². The molecule has 2 aromatic rings. The van der Waals surface area contributed by atoms with E-state index < -0.39 is 0 Å². The molecule has 2 N–H and O–H groups in total. The zero-order chi connectivity index (χ0) is 16.7. The fourth-order valence-corrected chi connectivity index (χ4v) is 2.47. The van der Waals surface area contributed by atoms with E-state index in [-0.39, 0.29) is 12.5 Å². The van der Waals surface area contributed by atoms with Gasteiger partial charge in [0.2, 0.25) is 0 Å². The number of hydrogen-bond acceptors (Lipinski definition) is 3. The molecule has 0 unspecified atom stereocenters. The summed E-state index contributed by atoms with van der Waals surface area (Å²) in [4.78, 5) is 12.0. The zero-order valence-electron chi connectivity index (χ0n) is 13.4. The van der Waals surface area contributed by atoms with E-state index >= 15 is 0 Å². The SMILES string of the molecule is CCNCc1cc(Br)ccc1OCC(=O)Nc1ccc(C)cc1. The van der Waals surface area contributed by atoms with Gasteiger partial charge in [-0.05, 0) is 43.8 Å². The number of benzene rings is 2. The lowest BCUT2D eigenvalue weighted by Gasteiger charge is -2.12. The van der Waals surface area contributed by atoms with Gasteiger partial charge < -0.3 is 15.4 Å². The Morgan fingerprint density at radius 2 is 1.91 bits per heavy atom. The fraction of sp³-hybridized carbons (Fsp3) is 0.278. The average Bonchev–Trinajstić information content (AvgIpc) is 2.54. The van der Waals surface area contributed by atoms with Crippen molar-refractivity contribution in [2.45, 2.75) is 20.4 Å². The standard InChI is InChI=1S/C18H21BrN2O2/c1-3-20-11-14-10-15(19)6-9-17(14)23-12-18(22)21-16-7-4-13(2)5-8-16/h4-10,20H,3,11-12H2,1-2H3,(H,21,22). The smallest absolute Gasteiger partial charge is 0.262 e. The first kappa shape index (κ1) is 17.5. The molecule has 5 heteroatoms. The van der Waals surface area contributed by atoms with Gasteiger partial charge in [0.25, 0.3) is 5.91 Å². The van der Waals surface area contributed by atoms with Crippen molar-refractivity contribution in [1.29, 1.82) is 0 Å². The van der Waals surface area contributed by atoms with Crippen molar-refractivity contribution < 1.29 is 9.53 Å². The molecule has 0 spiro atoms. The van der Waals surface area contributed by atoms with Gasteiger partial charge >= 0.3 is 0 Å². The molecule has 2 rings (SSSR count). The van der Waals surface area contributed by atoms with Crippen LogP contribution in [0.3, 0.4) is 0 Å². The Morgan fingerprint density at radius 3 is 2.61 bits per heavy atom. The monoisotopic (exact) mass is 376 g/mol. The minimum atomic E-state index is -0.175. The number of carbonyl (C=O) groups excluding carboxylic acids is 1. The summed E-state index contributed by atoms with van der Waals surface area (Å²) in [7, 11) is 0. The highest BCUT2D eigenvalue weighted by atomic mass is 79.9. The molecule has 0 fully saturated rings. The Morgan fingerprint density at radius 1 is 1.17 bits per heavy atom. The molecular formula is C18H21BrN2O2. The Balaban J connectivity index is 1.94. The molecule has 1 amide bonds. The number of aryl methyl sites for hydroxylation is 1. The molecule has 0 aliphatic rings. The lowest BCUT2D eigenvalue weighted by molar-refractivity contribution is -0.118. The van der Waals surface area contributed by atoms with Crippen LogP contribution in [-0.2, 0) is 11.3 Å². The molecule has 122 valence electrons. The predicted molar refractivity (Wildman–Crippen MR) is 96.8 cm³/mol. The number of halogens is 1. The van der Waals surface area contributed by atoms with Gasteiger partial charge in [-0.25, -0.2) is 0 Å². The Bertz CT molecular complexity index is 657. The van der Waals surface area contributed by atoms with Crippen LogP contribution in [0.1, 0.15) is 18.1 Å². The van der Waals surface area contributed by atoms with Gasteiger partial charge in [0.1, 0.15) is 5.75 Å². The second kappa shape index (κ2) is 8.70. The molecule has 0 aliphatic carbocycles. The van der Waals surface area contributed by atoms with Crippen LogP contribution in [0.15, 0.2) is 46.9 Å². The molecule has 2 aromatic carbocycles. The number of anilines is 1. The normalized spacial score (nSPS) is 10.4. The van der Waals surface area contributed by atoms with Crippen LogP contribution in [-0.4, -0.2) is 19.1 Å². The second-order valence-corrected chi connectivity index (χ2v) is 6.15. The predicted octanol–water partition coefficient (Wildman–Crippen LogP) is 3.88. The number of carbonyl (C=O) groups is 1. The molecule has 4 nitrogen and oxygen atoms in total. The van der Waals surface area contributed by atoms with Gasteiger partial charge in [-0.2, -0.15) is 0 Å². The van der Waals surface area contributed by atoms with Gasteiger partial charge in [-0.1, -0.05) is 40.5 Å². The molecule has 0 aliphatic heterocycles. The lowest BCUT2D eigenvalue weighted by Crippen LogP contribution is -2.21. The minimum absolute atomic E-state index is 0.0192. The number of nitrogens with one attached hydrogen (secondary N) is 2. The van der Waals surface area contributed by atoms with Crippen LogP contribution in [0.5, 0.6) is 5.75 Å². The maximum Gasteiger partial charge on any atom is 0.262 e. The van der Waals surface area contributed by atoms with Gasteiger partial charge in [0.05, 0.1) is 0 Å². The number of ether oxygens (including phenoxy) is 1. The van der Waals surface area contributed by atoms with Crippen LogP contribution in [0.4, 0.5) is 5.69 Å². The molecule has 23 heavy (non-hydrogen) atoms. The van der Waals surface area contributed by atoms with Crippen LogP contribution in [0.2, 0.25) is 0 Å². The van der Waals surface area contributed by atoms with Crippen molar-refractivity contribution in [3.63, 3.8) is 0 Å². The van der Waals surface area contributed by atoms with Crippen molar-refractivity contribution in [1.82, 2.24) is 5.32 Å². The van der Waals surface area contributed by atoms with Crippen LogP contribution < -0.4 is 15.4 Å². The molecule has 0 aromatic heterocycles. The third-order valence-electron chi connectivity index (χ3n) is 3.28. The Labute approximate surface area is 145 Å². The maximum absolute atomic E-state index is 12.0. The highest BCUT2D eigenvalue weighted by Gasteiger charge is 2.08. The van der Waals surface area contributed by atoms with Crippen molar-refractivity contribution in [2.24, 2.45) is 0 Å². The summed E-state index contributed by atoms with van der Waals surface area (Å²) in [5, 5.41) is 6.09. The third-order valence-corrected chi connectivity index (χ3v) is 3.78. The van der Waals surface area contributed by atoms with Crippen LogP contribution in [0, 0.1) is 6.92 Å². The summed E-state index contributed by atoms with van der Waals surface area (Å²) in [6.07, 6.45) is 0. The summed E-state index contributed by atoms with van der Waals surface area (Å²) in [6, 6.07) is 13.4. The molecule has 0 bridgehead atoms. The summed E-state index contributed by atoms with van der Waals surface area (Å²) < 4.78 is 6.66. The fourth-order valence-electron chi connectivity index (χ4n) is 2.06. The lowest BCUT2D eigenvalue weighted by atomic mass is 10.2. The zero-order valence-corrected chi connectivity index (χ0v) is 14.9. The average molecular weight is 377 g/mol. The second-order valence-electron chi connectivity index (χ2n) is 5.24. The topological polar surface area (TPSA) is 50.4 Å². The molecular weight excluding hydrogens is 356 g/mol. The van der Waals surface area contributed by atoms with Gasteiger partial charge in [-0.15, -0.1) is 0 Å². The number of hydrogen-bond donors (Lipinski definition) is 2. The minimum Gasteiger partial charge on any atom is -0.483 e. The number of rotatable bonds is 7. The highest BCUT2D eigenvalue weighted by Crippen LogP contribution is 2.23. The van der Waals surface area contributed by atoms with Gasteiger partial charge in [0, 0.05) is 22.3 Å². The van der Waals surface area contributed by atoms with E-state index in [0.717, 1.165) is 27.8 Å². The Kier molecular flexibility index (Phi) is 6.62. The summed E-state index contributed by atoms with van der Waals surface area (Å²) >= 11 is 3.46. The first-order valence-electron chi connectivity index (χ1n) is 7.57. The quantitative estimate of drug-likeness (QED) is 0.770. The molecule has 0 saturated heterocycles. The molecule has 0 saturated carbocycles. The summed E-state index contributed by atoms with van der Waals surface area (Å²) in [5.41, 5.74) is 2.94. The Hall–Kier alpha value is -1.85. The highest BCUT2D eigenvalue weighted by molar-refractivity contribution is 9.10. The molecule has 0 atom stereocenters. The van der Waals surface area contributed by atoms with E-state index in [1.165, 1.54) is 0 Å². The van der Waals surface area contributed by atoms with Crippen LogP contribution in [0.25, 0.3) is 0 Å². The largest absolute Gasteiger partial charge is 0.483 e. The van der Waals surface area contributed by atoms with Crippen molar-refractivity contribution in [3.8, 4) is 5.75 Å². The van der Waals surface area contributed by atoms with Gasteiger partial charge in [0.15, 0.2) is 6.61 Å². The van der Waals surface area contributed by atoms with E-state index in [1.54, 1.807) is 0 Å². The first-order chi connectivity index (χ1) is 11.1. The molecule has 0 radical (unpaired) electrons. The first-order valence-corrected chi connectivity index (χ1v) is 8.36. The van der Waals surface area contributed by atoms with E-state index in [2.05, 4.69) is 26.6 Å². The van der Waals surface area contributed by atoms with Crippen molar-refractivity contribution in [2.75, 3.05) is 18.5 Å². The van der Waals surface area contributed by atoms with Crippen molar-refractivity contribution in [3.05, 3.63) is 58.1 Å². The maximum atomic E-state index is 12.0. The third kappa shape index (κ3) is 5.69. The van der Waals surface area contributed by atoms with Gasteiger partial charge in [-0.3, -0.25) is 4.79 Å². The van der Waals surface area contributed by atoms with E-state index in [4.69, 9.17) is 4.74 Å². The summed E-state index contributed by atoms with van der Waals surface area (Å²) in [5.74, 6) is 0.541. The molecule has 0 heterocycles. The number of amides is 1.